The van der Waals surface area contributed by atoms with Gasteiger partial charge in [0.15, 0.2) is 0 Å². The number of hydrogen-bond donors (Lipinski definition) is 2. The van der Waals surface area contributed by atoms with Crippen molar-refractivity contribution in [3.8, 4) is 11.1 Å². The fourth-order valence-corrected chi connectivity index (χ4v) is 2.57. The lowest BCUT2D eigenvalue weighted by molar-refractivity contribution is -0.145. The lowest BCUT2D eigenvalue weighted by Crippen LogP contribution is -2.23. The Hall–Kier alpha value is -2.69. The molecule has 0 saturated heterocycles. The van der Waals surface area contributed by atoms with Gasteiger partial charge in [-0.05, 0) is 37.5 Å². The number of aromatic nitrogens is 1. The number of aryl methyl sites for hydroxylation is 1. The van der Waals surface area contributed by atoms with Crippen LogP contribution in [0.1, 0.15) is 24.8 Å². The molecular weight excluding hydrogens is 292 g/mol. The van der Waals surface area contributed by atoms with Gasteiger partial charge in [0.2, 0.25) is 5.91 Å². The van der Waals surface area contributed by atoms with Crippen LogP contribution in [0.25, 0.3) is 11.1 Å². The van der Waals surface area contributed by atoms with Crippen molar-refractivity contribution in [2.75, 3.05) is 5.32 Å². The predicted octanol–water partition coefficient (Wildman–Crippen LogP) is 3.25. The van der Waals surface area contributed by atoms with Gasteiger partial charge in [-0.3, -0.25) is 9.59 Å². The van der Waals surface area contributed by atoms with E-state index in [4.69, 9.17) is 5.11 Å². The van der Waals surface area contributed by atoms with Crippen LogP contribution in [0.15, 0.2) is 42.6 Å². The minimum absolute atomic E-state index is 0.00362. The maximum atomic E-state index is 12.0. The van der Waals surface area contributed by atoms with Gasteiger partial charge in [0, 0.05) is 18.2 Å². The summed E-state index contributed by atoms with van der Waals surface area (Å²) in [6.45, 7) is 2.03. The number of carbonyl (C=O) groups is 2. The van der Waals surface area contributed by atoms with Crippen molar-refractivity contribution in [3.05, 3.63) is 48.2 Å². The summed E-state index contributed by atoms with van der Waals surface area (Å²) in [7, 11) is 0. The van der Waals surface area contributed by atoms with Crippen molar-refractivity contribution in [2.24, 2.45) is 5.41 Å². The smallest absolute Gasteiger partial charge is 0.310 e. The van der Waals surface area contributed by atoms with Crippen LogP contribution in [0.4, 0.5) is 5.82 Å². The van der Waals surface area contributed by atoms with Crippen LogP contribution >= 0.6 is 0 Å². The van der Waals surface area contributed by atoms with E-state index >= 15 is 0 Å². The number of aliphatic carboxylic acids is 1. The third-order valence-electron chi connectivity index (χ3n) is 4.19. The summed E-state index contributed by atoms with van der Waals surface area (Å²) in [6, 6.07) is 11.7. The zero-order chi connectivity index (χ0) is 16.4. The molecule has 118 valence electrons. The summed E-state index contributed by atoms with van der Waals surface area (Å²) in [5.74, 6) is -0.760. The van der Waals surface area contributed by atoms with Crippen molar-refractivity contribution in [3.63, 3.8) is 0 Å². The van der Waals surface area contributed by atoms with E-state index in [1.54, 1.807) is 12.3 Å². The monoisotopic (exact) mass is 310 g/mol. The van der Waals surface area contributed by atoms with E-state index in [-0.39, 0.29) is 12.3 Å². The maximum absolute atomic E-state index is 12.0. The van der Waals surface area contributed by atoms with Gasteiger partial charge < -0.3 is 10.4 Å². The van der Waals surface area contributed by atoms with Crippen molar-refractivity contribution >= 4 is 17.7 Å². The van der Waals surface area contributed by atoms with Crippen molar-refractivity contribution < 1.29 is 14.7 Å². The Morgan fingerprint density at radius 3 is 2.57 bits per heavy atom. The summed E-state index contributed by atoms with van der Waals surface area (Å²) in [4.78, 5) is 27.3. The molecular formula is C18H18N2O3. The first kappa shape index (κ1) is 15.2. The summed E-state index contributed by atoms with van der Waals surface area (Å²) < 4.78 is 0. The Labute approximate surface area is 134 Å². The van der Waals surface area contributed by atoms with Gasteiger partial charge in [0.1, 0.15) is 5.82 Å². The van der Waals surface area contributed by atoms with E-state index in [9.17, 15) is 9.59 Å². The van der Waals surface area contributed by atoms with Crippen LogP contribution < -0.4 is 5.32 Å². The standard InChI is InChI=1S/C18H18N2O3/c1-12-3-2-4-13(9-12)14-5-6-15(19-11-14)20-16(21)10-18(7-8-18)17(22)23/h2-6,9,11H,7-8,10H2,1H3,(H,22,23)(H,19,20,21). The Morgan fingerprint density at radius 1 is 1.22 bits per heavy atom. The molecule has 0 unspecified atom stereocenters. The second-order valence-corrected chi connectivity index (χ2v) is 6.11. The first-order valence-electron chi connectivity index (χ1n) is 7.55. The number of anilines is 1. The van der Waals surface area contributed by atoms with Crippen LogP contribution in [-0.2, 0) is 9.59 Å². The number of nitrogens with zero attached hydrogens (tertiary/aromatic N) is 1. The molecule has 1 saturated carbocycles. The molecule has 0 aliphatic heterocycles. The molecule has 1 aromatic carbocycles. The fraction of sp³-hybridized carbons (Fsp3) is 0.278. The van der Waals surface area contributed by atoms with E-state index < -0.39 is 11.4 Å². The molecule has 23 heavy (non-hydrogen) atoms. The van der Waals surface area contributed by atoms with Crippen molar-refractivity contribution in [1.82, 2.24) is 4.98 Å². The van der Waals surface area contributed by atoms with Gasteiger partial charge in [-0.25, -0.2) is 4.98 Å². The fourth-order valence-electron chi connectivity index (χ4n) is 2.57. The molecule has 2 aromatic rings. The lowest BCUT2D eigenvalue weighted by atomic mass is 10.0. The normalized spacial score (nSPS) is 15.0. The average Bonchev–Trinajstić information content (AvgIpc) is 3.29. The highest BCUT2D eigenvalue weighted by atomic mass is 16.4. The van der Waals surface area contributed by atoms with Crippen LogP contribution in [0, 0.1) is 12.3 Å². The molecule has 3 rings (SSSR count). The summed E-state index contributed by atoms with van der Waals surface area (Å²) in [5.41, 5.74) is 2.35. The number of amides is 1. The van der Waals surface area contributed by atoms with Crippen molar-refractivity contribution in [1.29, 1.82) is 0 Å². The maximum Gasteiger partial charge on any atom is 0.310 e. The minimum atomic E-state index is -0.893. The number of pyridine rings is 1. The first-order valence-corrected chi connectivity index (χ1v) is 7.55. The summed E-state index contributed by atoms with van der Waals surface area (Å²) >= 11 is 0. The van der Waals surface area contributed by atoms with E-state index in [1.165, 1.54) is 5.56 Å². The molecule has 5 nitrogen and oxygen atoms in total. The molecule has 5 heteroatoms. The number of hydrogen-bond acceptors (Lipinski definition) is 3. The molecule has 1 aliphatic rings. The van der Waals surface area contributed by atoms with E-state index in [0.29, 0.717) is 18.7 Å². The van der Waals surface area contributed by atoms with Crippen LogP contribution in [0.5, 0.6) is 0 Å². The number of rotatable bonds is 5. The first-order chi connectivity index (χ1) is 11.0. The molecule has 0 atom stereocenters. The van der Waals surface area contributed by atoms with Gasteiger partial charge in [-0.1, -0.05) is 29.8 Å². The van der Waals surface area contributed by atoms with E-state index in [1.807, 2.05) is 31.2 Å². The highest BCUT2D eigenvalue weighted by Gasteiger charge is 2.51. The number of benzene rings is 1. The van der Waals surface area contributed by atoms with Gasteiger partial charge in [-0.15, -0.1) is 0 Å². The van der Waals surface area contributed by atoms with E-state index in [2.05, 4.69) is 16.4 Å². The SMILES string of the molecule is Cc1cccc(-c2ccc(NC(=O)CC3(C(=O)O)CC3)nc2)c1. The molecule has 0 spiro atoms. The highest BCUT2D eigenvalue weighted by molar-refractivity contribution is 5.94. The van der Waals surface area contributed by atoms with Crippen molar-refractivity contribution in [2.45, 2.75) is 26.2 Å². The van der Waals surface area contributed by atoms with Crippen LogP contribution in [-0.4, -0.2) is 22.0 Å². The molecule has 0 bridgehead atoms. The Morgan fingerprint density at radius 2 is 2.00 bits per heavy atom. The molecule has 1 fully saturated rings. The number of carbonyl (C=O) groups excluding carboxylic acids is 1. The minimum Gasteiger partial charge on any atom is -0.481 e. The van der Waals surface area contributed by atoms with Gasteiger partial charge in [0.25, 0.3) is 0 Å². The number of carboxylic acids is 1. The molecule has 1 aromatic heterocycles. The molecule has 1 amide bonds. The molecule has 0 radical (unpaired) electrons. The van der Waals surface area contributed by atoms with E-state index in [0.717, 1.165) is 11.1 Å². The van der Waals surface area contributed by atoms with Crippen LogP contribution in [0.2, 0.25) is 0 Å². The summed E-state index contributed by atoms with van der Waals surface area (Å²) in [6.07, 6.45) is 2.84. The Bertz CT molecular complexity index is 749. The Kier molecular flexibility index (Phi) is 3.86. The Balaban J connectivity index is 1.66. The highest BCUT2D eigenvalue weighted by Crippen LogP contribution is 2.49. The third kappa shape index (κ3) is 3.39. The molecule has 2 N–H and O–H groups in total. The van der Waals surface area contributed by atoms with Gasteiger partial charge >= 0.3 is 5.97 Å². The zero-order valence-electron chi connectivity index (χ0n) is 12.9. The summed E-state index contributed by atoms with van der Waals surface area (Å²) in [5, 5.41) is 11.8. The van der Waals surface area contributed by atoms with Gasteiger partial charge in [-0.2, -0.15) is 0 Å². The van der Waals surface area contributed by atoms with Crippen LogP contribution in [0.3, 0.4) is 0 Å². The second kappa shape index (κ2) is 5.83. The number of carboxylic acid groups (broad SMARTS) is 1. The quantitative estimate of drug-likeness (QED) is 0.888. The lowest BCUT2D eigenvalue weighted by Gasteiger charge is -2.10. The van der Waals surface area contributed by atoms with Gasteiger partial charge in [0.05, 0.1) is 5.41 Å². The largest absolute Gasteiger partial charge is 0.481 e. The molecule has 1 heterocycles. The third-order valence-corrected chi connectivity index (χ3v) is 4.19. The zero-order valence-corrected chi connectivity index (χ0v) is 12.9. The topological polar surface area (TPSA) is 79.3 Å². The second-order valence-electron chi connectivity index (χ2n) is 6.11. The predicted molar refractivity (Wildman–Crippen MR) is 87.0 cm³/mol. The average molecular weight is 310 g/mol. The molecule has 1 aliphatic carbocycles. The number of nitrogens with one attached hydrogen (secondary N) is 1.